The van der Waals surface area contributed by atoms with E-state index < -0.39 is 8.80 Å². The van der Waals surface area contributed by atoms with Crippen LogP contribution in [0.5, 0.6) is 0 Å². The average molecular weight is 421 g/mol. The van der Waals surface area contributed by atoms with Crippen molar-refractivity contribution in [3.8, 4) is 0 Å². The Kier molecular flexibility index (Phi) is 19.3. The first-order valence-corrected chi connectivity index (χ1v) is 13.2. The van der Waals surface area contributed by atoms with E-state index in [9.17, 15) is 0 Å². The van der Waals surface area contributed by atoms with Crippen LogP contribution in [0, 0.1) is 0 Å². The molecule has 0 saturated carbocycles. The van der Waals surface area contributed by atoms with Crippen molar-refractivity contribution in [1.82, 2.24) is 0 Å². The molecular formula is C21H44O4SSi. The van der Waals surface area contributed by atoms with Gasteiger partial charge in [-0.3, -0.25) is 0 Å². The standard InChI is InChI=1S/C21H44O4SSi/c1-21(26)25-19-17-15-13-11-9-7-5-6-8-10-12-14-16-18-20-27(22-2,23-3)24-4/h5-20H2,1-4H3. The molecule has 0 N–H and O–H groups in total. The topological polar surface area (TPSA) is 36.9 Å². The fraction of sp³-hybridized carbons (Fsp3) is 0.952. The zero-order chi connectivity index (χ0) is 20.2. The van der Waals surface area contributed by atoms with Crippen LogP contribution in [-0.2, 0) is 18.0 Å². The van der Waals surface area contributed by atoms with Gasteiger partial charge in [0.1, 0.15) is 0 Å². The Morgan fingerprint density at radius 2 is 0.926 bits per heavy atom. The Morgan fingerprint density at radius 1 is 0.593 bits per heavy atom. The van der Waals surface area contributed by atoms with Crippen LogP contribution >= 0.6 is 12.2 Å². The highest BCUT2D eigenvalue weighted by molar-refractivity contribution is 7.80. The first-order chi connectivity index (χ1) is 13.1. The molecule has 0 bridgehead atoms. The highest BCUT2D eigenvalue weighted by Crippen LogP contribution is 2.18. The molecule has 0 atom stereocenters. The van der Waals surface area contributed by atoms with Crippen LogP contribution in [0.1, 0.15) is 96.8 Å². The van der Waals surface area contributed by atoms with Crippen LogP contribution in [0.2, 0.25) is 6.04 Å². The maximum Gasteiger partial charge on any atom is 0.500 e. The first-order valence-electron chi connectivity index (χ1n) is 10.9. The van der Waals surface area contributed by atoms with Crippen molar-refractivity contribution in [1.29, 1.82) is 0 Å². The molecule has 0 aromatic rings. The van der Waals surface area contributed by atoms with Crippen molar-refractivity contribution in [2.75, 3.05) is 27.9 Å². The van der Waals surface area contributed by atoms with Gasteiger partial charge in [0.05, 0.1) is 6.61 Å². The molecule has 0 spiro atoms. The fourth-order valence-corrected chi connectivity index (χ4v) is 5.22. The van der Waals surface area contributed by atoms with Gasteiger partial charge in [-0.1, -0.05) is 77.0 Å². The second-order valence-corrected chi connectivity index (χ2v) is 11.0. The van der Waals surface area contributed by atoms with Gasteiger partial charge < -0.3 is 18.0 Å². The molecule has 0 aromatic carbocycles. The average Bonchev–Trinajstić information content (AvgIpc) is 2.67. The SMILES string of the molecule is CO[Si](CCCCCCCCCCCCCCCCOC(C)=S)(OC)OC. The van der Waals surface area contributed by atoms with E-state index in [0.29, 0.717) is 5.05 Å². The van der Waals surface area contributed by atoms with E-state index in [0.717, 1.165) is 25.5 Å². The second kappa shape index (κ2) is 19.3. The predicted molar refractivity (Wildman–Crippen MR) is 120 cm³/mol. The maximum atomic E-state index is 5.45. The molecule has 6 heteroatoms. The van der Waals surface area contributed by atoms with E-state index in [2.05, 4.69) is 0 Å². The normalized spacial score (nSPS) is 11.7. The number of unbranched alkanes of at least 4 members (excludes halogenated alkanes) is 13. The Balaban J connectivity index is 3.22. The predicted octanol–water partition coefficient (Wildman–Crippen LogP) is 6.69. The van der Waals surface area contributed by atoms with E-state index in [1.165, 1.54) is 77.0 Å². The molecule has 4 nitrogen and oxygen atoms in total. The summed E-state index contributed by atoms with van der Waals surface area (Å²) in [6, 6.07) is 0.926. The Bertz CT molecular complexity index is 330. The van der Waals surface area contributed by atoms with Crippen LogP contribution < -0.4 is 0 Å². The molecule has 0 unspecified atom stereocenters. The van der Waals surface area contributed by atoms with E-state index in [-0.39, 0.29) is 0 Å². The molecular weight excluding hydrogens is 376 g/mol. The molecule has 0 aliphatic heterocycles. The summed E-state index contributed by atoms with van der Waals surface area (Å²) in [4.78, 5) is 0. The van der Waals surface area contributed by atoms with Gasteiger partial charge >= 0.3 is 8.80 Å². The molecule has 0 rings (SSSR count). The molecule has 0 aliphatic rings. The van der Waals surface area contributed by atoms with Crippen LogP contribution in [0.15, 0.2) is 0 Å². The summed E-state index contributed by atoms with van der Waals surface area (Å²) < 4.78 is 21.7. The largest absolute Gasteiger partial charge is 0.500 e. The quantitative estimate of drug-likeness (QED) is 0.125. The van der Waals surface area contributed by atoms with Crippen LogP contribution in [0.25, 0.3) is 0 Å². The van der Waals surface area contributed by atoms with E-state index >= 15 is 0 Å². The van der Waals surface area contributed by atoms with Crippen LogP contribution in [0.3, 0.4) is 0 Å². The molecule has 0 heterocycles. The summed E-state index contributed by atoms with van der Waals surface area (Å²) in [6.45, 7) is 2.64. The third-order valence-electron chi connectivity index (χ3n) is 5.12. The lowest BCUT2D eigenvalue weighted by molar-refractivity contribution is 0.122. The first kappa shape index (κ1) is 27.0. The Labute approximate surface area is 175 Å². The van der Waals surface area contributed by atoms with Crippen molar-refractivity contribution < 1.29 is 18.0 Å². The lowest BCUT2D eigenvalue weighted by atomic mass is 10.0. The number of thiocarbonyl (C=S) groups is 1. The molecule has 0 saturated heterocycles. The molecule has 0 amide bonds. The number of rotatable bonds is 20. The van der Waals surface area contributed by atoms with Crippen LogP contribution in [-0.4, -0.2) is 41.8 Å². The van der Waals surface area contributed by atoms with E-state index in [1.54, 1.807) is 21.3 Å². The van der Waals surface area contributed by atoms with Gasteiger partial charge in [0.2, 0.25) is 0 Å². The van der Waals surface area contributed by atoms with Gasteiger partial charge in [0.15, 0.2) is 5.05 Å². The van der Waals surface area contributed by atoms with Crippen molar-refractivity contribution in [2.45, 2.75) is 103 Å². The molecule has 0 radical (unpaired) electrons. The summed E-state index contributed by atoms with van der Waals surface area (Å²) in [7, 11) is 2.74. The van der Waals surface area contributed by atoms with Gasteiger partial charge in [0.25, 0.3) is 0 Å². The minimum atomic E-state index is -2.34. The Morgan fingerprint density at radius 3 is 1.26 bits per heavy atom. The van der Waals surface area contributed by atoms with Crippen molar-refractivity contribution in [3.63, 3.8) is 0 Å². The summed E-state index contributed by atoms with van der Waals surface area (Å²) in [5.41, 5.74) is 0. The van der Waals surface area contributed by atoms with E-state index in [1.807, 2.05) is 6.92 Å². The zero-order valence-electron chi connectivity index (χ0n) is 18.4. The van der Waals surface area contributed by atoms with Gasteiger partial charge in [-0.2, -0.15) is 0 Å². The molecule has 162 valence electrons. The van der Waals surface area contributed by atoms with Crippen molar-refractivity contribution >= 4 is 26.1 Å². The van der Waals surface area contributed by atoms with Crippen molar-refractivity contribution in [3.05, 3.63) is 0 Å². The molecule has 0 aliphatic carbocycles. The van der Waals surface area contributed by atoms with Crippen molar-refractivity contribution in [2.24, 2.45) is 0 Å². The van der Waals surface area contributed by atoms with Gasteiger partial charge in [-0.15, -0.1) is 0 Å². The highest BCUT2D eigenvalue weighted by atomic mass is 32.1. The summed E-state index contributed by atoms with van der Waals surface area (Å²) in [6.07, 6.45) is 18.5. The number of hydrogen-bond donors (Lipinski definition) is 0. The Hall–Kier alpha value is -0.0131. The van der Waals surface area contributed by atoms with Gasteiger partial charge in [-0.05, 0) is 25.1 Å². The third-order valence-corrected chi connectivity index (χ3v) is 8.07. The summed E-state index contributed by atoms with van der Waals surface area (Å²) in [5, 5.41) is 0.668. The number of hydrogen-bond acceptors (Lipinski definition) is 5. The minimum Gasteiger partial charge on any atom is -0.487 e. The van der Waals surface area contributed by atoms with E-state index in [4.69, 9.17) is 30.2 Å². The fourth-order valence-electron chi connectivity index (χ4n) is 3.34. The van der Waals surface area contributed by atoms with Gasteiger partial charge in [-0.25, -0.2) is 0 Å². The summed E-state index contributed by atoms with van der Waals surface area (Å²) >= 11 is 4.89. The lowest BCUT2D eigenvalue weighted by Crippen LogP contribution is -2.42. The number of ether oxygens (including phenoxy) is 1. The smallest absolute Gasteiger partial charge is 0.487 e. The maximum absolute atomic E-state index is 5.45. The van der Waals surface area contributed by atoms with Gasteiger partial charge in [0, 0.05) is 34.3 Å². The third kappa shape index (κ3) is 16.6. The minimum absolute atomic E-state index is 0.668. The zero-order valence-corrected chi connectivity index (χ0v) is 20.2. The van der Waals surface area contributed by atoms with Crippen LogP contribution in [0.4, 0.5) is 0 Å². The summed E-state index contributed by atoms with van der Waals surface area (Å²) in [5.74, 6) is 0. The molecule has 0 fully saturated rings. The molecule has 27 heavy (non-hydrogen) atoms. The highest BCUT2D eigenvalue weighted by Gasteiger charge is 2.36. The lowest BCUT2D eigenvalue weighted by Gasteiger charge is -2.24. The monoisotopic (exact) mass is 420 g/mol. The molecule has 0 aromatic heterocycles. The second-order valence-electron chi connectivity index (χ2n) is 7.34.